The molecule has 0 radical (unpaired) electrons. The van der Waals surface area contributed by atoms with Crippen LogP contribution in [0.4, 0.5) is 0 Å². The summed E-state index contributed by atoms with van der Waals surface area (Å²) in [6.07, 6.45) is 92.2. The molecule has 0 heterocycles. The summed E-state index contributed by atoms with van der Waals surface area (Å²) >= 11 is 0. The smallest absolute Gasteiger partial charge is 0.306 e. The quantitative estimate of drug-likeness (QED) is 0.0261. The molecule has 0 aromatic rings. The van der Waals surface area contributed by atoms with Crippen LogP contribution in [0.3, 0.4) is 0 Å². The normalized spacial score (nSPS) is 12.5. The van der Waals surface area contributed by atoms with Gasteiger partial charge in [0.05, 0.1) is 0 Å². The van der Waals surface area contributed by atoms with E-state index < -0.39 is 6.10 Å². The Kier molecular flexibility index (Phi) is 67.6. The van der Waals surface area contributed by atoms with Crippen molar-refractivity contribution < 1.29 is 28.6 Å². The maximum atomic E-state index is 12.9. The third-order valence-corrected chi connectivity index (χ3v) is 15.9. The predicted octanol–water partition coefficient (Wildman–Crippen LogP) is 24.8. The van der Waals surface area contributed by atoms with E-state index in [1.165, 1.54) is 244 Å². The highest BCUT2D eigenvalue weighted by Crippen LogP contribution is 2.18. The van der Waals surface area contributed by atoms with Crippen LogP contribution in [0.1, 0.15) is 374 Å². The van der Waals surface area contributed by atoms with Crippen molar-refractivity contribution in [2.45, 2.75) is 380 Å². The summed E-state index contributed by atoms with van der Waals surface area (Å²) in [7, 11) is 0. The van der Waals surface area contributed by atoms with Gasteiger partial charge in [0.15, 0.2) is 6.10 Å². The Morgan fingerprint density at radius 3 is 0.756 bits per heavy atom. The summed E-state index contributed by atoms with van der Waals surface area (Å²) < 4.78 is 17.0. The van der Waals surface area contributed by atoms with E-state index in [1.807, 2.05) is 0 Å². The SMILES string of the molecule is CC/C=C\C/C=C\C/C=C\C/C=C\C/C=C\CCCCCCCCCCCCCCCCCC(=O)OCC(COC(=O)CCCCCCCCCCCCCC)OC(=O)CCCCCCCCCCC/C=C\CCCCCCCCCC. The number of carbonyl (C=O) groups is 3. The van der Waals surface area contributed by atoms with Crippen LogP contribution in [0.5, 0.6) is 0 Å². The van der Waals surface area contributed by atoms with E-state index in [2.05, 4.69) is 93.7 Å². The molecule has 0 aliphatic heterocycles. The molecule has 0 saturated heterocycles. The first-order chi connectivity index (χ1) is 40.5. The lowest BCUT2D eigenvalue weighted by Crippen LogP contribution is -2.30. The van der Waals surface area contributed by atoms with Gasteiger partial charge in [-0.05, 0) is 89.9 Å². The van der Waals surface area contributed by atoms with Crippen LogP contribution in [-0.2, 0) is 28.6 Å². The lowest BCUT2D eigenvalue weighted by Gasteiger charge is -2.18. The van der Waals surface area contributed by atoms with E-state index in [9.17, 15) is 14.4 Å². The number of hydrogen-bond donors (Lipinski definition) is 0. The van der Waals surface area contributed by atoms with E-state index in [0.29, 0.717) is 19.3 Å². The summed E-state index contributed by atoms with van der Waals surface area (Å²) in [6.45, 7) is 6.58. The highest BCUT2D eigenvalue weighted by atomic mass is 16.6. The number of hydrogen-bond acceptors (Lipinski definition) is 6. The van der Waals surface area contributed by atoms with Crippen molar-refractivity contribution in [3.63, 3.8) is 0 Å². The van der Waals surface area contributed by atoms with E-state index in [-0.39, 0.29) is 31.1 Å². The first-order valence-corrected chi connectivity index (χ1v) is 35.9. The molecule has 1 unspecified atom stereocenters. The number of ether oxygens (including phenoxy) is 3. The highest BCUT2D eigenvalue weighted by Gasteiger charge is 2.19. The summed E-state index contributed by atoms with van der Waals surface area (Å²) in [5.74, 6) is -0.850. The van der Waals surface area contributed by atoms with E-state index >= 15 is 0 Å². The van der Waals surface area contributed by atoms with Crippen molar-refractivity contribution in [3.05, 3.63) is 72.9 Å². The van der Waals surface area contributed by atoms with Gasteiger partial charge in [0, 0.05) is 19.3 Å². The molecule has 82 heavy (non-hydrogen) atoms. The van der Waals surface area contributed by atoms with Gasteiger partial charge in [0.2, 0.25) is 0 Å². The number of rotatable bonds is 66. The van der Waals surface area contributed by atoms with Crippen molar-refractivity contribution in [2.24, 2.45) is 0 Å². The largest absolute Gasteiger partial charge is 0.462 e. The molecule has 0 rings (SSSR count). The van der Waals surface area contributed by atoms with Gasteiger partial charge < -0.3 is 14.2 Å². The van der Waals surface area contributed by atoms with Crippen molar-refractivity contribution >= 4 is 17.9 Å². The molecular weight excluding hydrogens is 1010 g/mol. The van der Waals surface area contributed by atoms with Crippen LogP contribution in [0.2, 0.25) is 0 Å². The zero-order valence-electron chi connectivity index (χ0n) is 54.8. The van der Waals surface area contributed by atoms with Crippen LogP contribution in [0, 0.1) is 0 Å². The standard InChI is InChI=1S/C76H136O6/c1-4-7-10-13-16-19-22-25-27-29-31-33-34-35-36-37-38-39-40-41-42-44-45-47-49-51-54-57-60-63-66-69-75(78)81-72-73(71-80-74(77)68-65-62-59-56-53-24-21-18-15-12-9-6-3)82-76(79)70-67-64-61-58-55-52-50-48-46-43-32-30-28-26-23-20-17-14-11-8-5-2/h7,10,16,19,25,27,30-33,35-36,73H,4-6,8-9,11-15,17-18,20-24,26,28-29,34,37-72H2,1-3H3/b10-7-,19-16-,27-25-,32-30-,33-31-,36-35-. The Morgan fingerprint density at radius 2 is 0.476 bits per heavy atom. The molecule has 6 nitrogen and oxygen atoms in total. The molecule has 0 aromatic carbocycles. The van der Waals surface area contributed by atoms with E-state index in [1.54, 1.807) is 0 Å². The third kappa shape index (κ3) is 67.6. The molecule has 476 valence electrons. The minimum absolute atomic E-state index is 0.0703. The van der Waals surface area contributed by atoms with Crippen LogP contribution < -0.4 is 0 Å². The summed E-state index contributed by atoms with van der Waals surface area (Å²) in [5.41, 5.74) is 0. The molecule has 1 atom stereocenters. The summed E-state index contributed by atoms with van der Waals surface area (Å²) in [5, 5.41) is 0. The number of carbonyl (C=O) groups excluding carboxylic acids is 3. The Bertz CT molecular complexity index is 1500. The van der Waals surface area contributed by atoms with Gasteiger partial charge >= 0.3 is 17.9 Å². The minimum Gasteiger partial charge on any atom is -0.462 e. The van der Waals surface area contributed by atoms with Crippen LogP contribution in [0.15, 0.2) is 72.9 Å². The Balaban J connectivity index is 4.19. The molecule has 0 fully saturated rings. The fraction of sp³-hybridized carbons (Fsp3) is 0.803. The van der Waals surface area contributed by atoms with Crippen molar-refractivity contribution in [2.75, 3.05) is 13.2 Å². The maximum Gasteiger partial charge on any atom is 0.306 e. The van der Waals surface area contributed by atoms with Gasteiger partial charge in [-0.3, -0.25) is 14.4 Å². The van der Waals surface area contributed by atoms with Gasteiger partial charge in [-0.2, -0.15) is 0 Å². The monoisotopic (exact) mass is 1150 g/mol. The molecule has 0 aromatic heterocycles. The summed E-state index contributed by atoms with van der Waals surface area (Å²) in [6, 6.07) is 0. The van der Waals surface area contributed by atoms with Gasteiger partial charge in [-0.15, -0.1) is 0 Å². The average Bonchev–Trinajstić information content (AvgIpc) is 3.47. The number of allylic oxidation sites excluding steroid dienone is 12. The van der Waals surface area contributed by atoms with Crippen molar-refractivity contribution in [1.82, 2.24) is 0 Å². The number of esters is 3. The lowest BCUT2D eigenvalue weighted by atomic mass is 10.0. The topological polar surface area (TPSA) is 78.9 Å². The van der Waals surface area contributed by atoms with Gasteiger partial charge in [0.1, 0.15) is 13.2 Å². The van der Waals surface area contributed by atoms with Gasteiger partial charge in [-0.25, -0.2) is 0 Å². The summed E-state index contributed by atoms with van der Waals surface area (Å²) in [4.78, 5) is 38.4. The zero-order chi connectivity index (χ0) is 59.2. The number of unbranched alkanes of at least 4 members (excludes halogenated alkanes) is 43. The fourth-order valence-corrected chi connectivity index (χ4v) is 10.6. The molecule has 0 aliphatic carbocycles. The van der Waals surface area contributed by atoms with Crippen molar-refractivity contribution in [1.29, 1.82) is 0 Å². The lowest BCUT2D eigenvalue weighted by molar-refractivity contribution is -0.167. The molecular formula is C76H136O6. The fourth-order valence-electron chi connectivity index (χ4n) is 10.6. The maximum absolute atomic E-state index is 12.9. The molecule has 0 bridgehead atoms. The molecule has 0 aliphatic rings. The van der Waals surface area contributed by atoms with Crippen LogP contribution in [-0.4, -0.2) is 37.2 Å². The first kappa shape index (κ1) is 78.8. The molecule has 0 amide bonds. The Morgan fingerprint density at radius 1 is 0.256 bits per heavy atom. The molecule has 0 spiro atoms. The van der Waals surface area contributed by atoms with E-state index in [0.717, 1.165) is 89.9 Å². The predicted molar refractivity (Wildman–Crippen MR) is 358 cm³/mol. The zero-order valence-corrected chi connectivity index (χ0v) is 54.8. The molecule has 0 saturated carbocycles. The van der Waals surface area contributed by atoms with E-state index in [4.69, 9.17) is 14.2 Å². The second-order valence-corrected chi connectivity index (χ2v) is 24.1. The van der Waals surface area contributed by atoms with Crippen molar-refractivity contribution in [3.8, 4) is 0 Å². The second-order valence-electron chi connectivity index (χ2n) is 24.1. The van der Waals surface area contributed by atoms with Crippen LogP contribution in [0.25, 0.3) is 0 Å². The third-order valence-electron chi connectivity index (χ3n) is 15.9. The minimum atomic E-state index is -0.774. The first-order valence-electron chi connectivity index (χ1n) is 35.9. The molecule has 6 heteroatoms. The second kappa shape index (κ2) is 70.3. The highest BCUT2D eigenvalue weighted by molar-refractivity contribution is 5.71. The molecule has 0 N–H and O–H groups in total. The van der Waals surface area contributed by atoms with Crippen LogP contribution >= 0.6 is 0 Å². The Hall–Kier alpha value is -3.15. The Labute approximate surface area is 510 Å². The average molecular weight is 1150 g/mol. The van der Waals surface area contributed by atoms with Gasteiger partial charge in [-0.1, -0.05) is 338 Å². The van der Waals surface area contributed by atoms with Gasteiger partial charge in [0.25, 0.3) is 0 Å².